The van der Waals surface area contributed by atoms with Gasteiger partial charge in [0.1, 0.15) is 32.3 Å². The van der Waals surface area contributed by atoms with Gasteiger partial charge in [-0.2, -0.15) is 0 Å². The lowest BCUT2D eigenvalue weighted by Crippen LogP contribution is -2.43. The molecule has 0 nitrogen and oxygen atoms in total. The van der Waals surface area contributed by atoms with Gasteiger partial charge in [0.2, 0.25) is 0 Å². The van der Waals surface area contributed by atoms with Crippen LogP contribution >= 0.6 is 15.9 Å². The summed E-state index contributed by atoms with van der Waals surface area (Å²) in [6, 6.07) is 40.8. The molecular weight excluding hydrogens is 1170 g/mol. The zero-order valence-corrected chi connectivity index (χ0v) is 63.3. The summed E-state index contributed by atoms with van der Waals surface area (Å²) in [6.45, 7) is 59.8. The molecule has 8 aromatic rings. The molecule has 0 amide bonds. The average molecular weight is 1270 g/mol. The summed E-state index contributed by atoms with van der Waals surface area (Å²) in [5.41, 5.74) is 29.3. The molecule has 0 aliphatic carbocycles. The monoisotopic (exact) mass is 1270 g/mol. The van der Waals surface area contributed by atoms with E-state index in [1.807, 2.05) is 0 Å². The summed E-state index contributed by atoms with van der Waals surface area (Å²) in [6.07, 6.45) is 0. The number of hydrogen-bond acceptors (Lipinski definition) is 0. The molecule has 0 radical (unpaired) electrons. The summed E-state index contributed by atoms with van der Waals surface area (Å²) < 4.78 is 1.10. The van der Waals surface area contributed by atoms with Gasteiger partial charge < -0.3 is 0 Å². The van der Waals surface area contributed by atoms with Crippen molar-refractivity contribution in [3.05, 3.63) is 141 Å². The van der Waals surface area contributed by atoms with Gasteiger partial charge in [-0.15, -0.1) is 22.2 Å². The number of hydrogen-bond donors (Lipinski definition) is 0. The topological polar surface area (TPSA) is 0 Å². The van der Waals surface area contributed by atoms with Crippen molar-refractivity contribution in [1.29, 1.82) is 0 Å². The fraction of sp³-hybridized carbons (Fsp3) is 0.457. The predicted molar refractivity (Wildman–Crippen MR) is 402 cm³/mol. The summed E-state index contributed by atoms with van der Waals surface area (Å²) in [5, 5.41) is 14.9. The molecule has 0 spiro atoms. The van der Waals surface area contributed by atoms with Gasteiger partial charge in [-0.3, -0.25) is 0 Å². The SMILES string of the molecule is CC(C)[Si](C#Cc1c2ccccc2c(C#C[Si](C(C)C)(C(C)C)C(C)C)c2cc3cc(Br)ccc3cc12)(C(C)C)C(C)C.Cc1ccc2cc3c(C#C[Si](C(C)C)(C(C)C)C(C)C)c4ccccc4c(C#C[Si](C(C)C)(C(C)C)C(C)C)c3cc2c1. The van der Waals surface area contributed by atoms with Crippen molar-refractivity contribution in [1.82, 2.24) is 0 Å². The van der Waals surface area contributed by atoms with Crippen molar-refractivity contribution < 1.29 is 0 Å². The second-order valence-electron chi connectivity index (χ2n) is 29.3. The van der Waals surface area contributed by atoms with Gasteiger partial charge in [0.25, 0.3) is 0 Å². The van der Waals surface area contributed by atoms with Crippen molar-refractivity contribution in [2.24, 2.45) is 0 Å². The fourth-order valence-electron chi connectivity index (χ4n) is 16.9. The maximum absolute atomic E-state index is 4.07. The van der Waals surface area contributed by atoms with E-state index in [1.165, 1.54) is 86.9 Å². The van der Waals surface area contributed by atoms with E-state index in [0.29, 0.717) is 66.5 Å². The smallest absolute Gasteiger partial charge is 0.125 e. The van der Waals surface area contributed by atoms with E-state index in [9.17, 15) is 0 Å². The first kappa shape index (κ1) is 68.4. The molecule has 452 valence electrons. The Labute approximate surface area is 535 Å². The van der Waals surface area contributed by atoms with E-state index < -0.39 is 32.3 Å². The third-order valence-corrected chi connectivity index (χ3v) is 46.8. The molecule has 0 atom stereocenters. The van der Waals surface area contributed by atoms with Crippen LogP contribution in [0, 0.1) is 52.8 Å². The van der Waals surface area contributed by atoms with Gasteiger partial charge in [-0.25, -0.2) is 0 Å². The minimum Gasteiger partial charge on any atom is -0.125 e. The molecular formula is C81H105BrSi4. The zero-order valence-electron chi connectivity index (χ0n) is 57.7. The van der Waals surface area contributed by atoms with Crippen LogP contribution in [0.5, 0.6) is 0 Å². The molecule has 86 heavy (non-hydrogen) atoms. The van der Waals surface area contributed by atoms with Crippen LogP contribution in [0.3, 0.4) is 0 Å². The van der Waals surface area contributed by atoms with E-state index in [4.69, 9.17) is 0 Å². The van der Waals surface area contributed by atoms with Gasteiger partial charge in [0.15, 0.2) is 0 Å². The maximum atomic E-state index is 4.07. The normalized spacial score (nSPS) is 12.7. The van der Waals surface area contributed by atoms with Crippen molar-refractivity contribution >= 4 is 113 Å². The first-order valence-corrected chi connectivity index (χ1v) is 42.7. The Hall–Kier alpha value is -5.09. The Morgan fingerprint density at radius 2 is 0.477 bits per heavy atom. The van der Waals surface area contributed by atoms with Crippen LogP contribution in [0.1, 0.15) is 194 Å². The number of benzene rings is 8. The predicted octanol–water partition coefficient (Wildman–Crippen LogP) is 25.6. The Balaban J connectivity index is 0.000000246. The Morgan fingerprint density at radius 1 is 0.256 bits per heavy atom. The summed E-state index contributed by atoms with van der Waals surface area (Å²) in [4.78, 5) is 0. The molecule has 0 bridgehead atoms. The van der Waals surface area contributed by atoms with Gasteiger partial charge in [0.05, 0.1) is 0 Å². The number of aryl methyl sites for hydroxylation is 1. The van der Waals surface area contributed by atoms with Crippen LogP contribution in [0.4, 0.5) is 0 Å². The van der Waals surface area contributed by atoms with Crippen LogP contribution in [0.2, 0.25) is 66.5 Å². The van der Waals surface area contributed by atoms with Gasteiger partial charge in [-0.05, 0) is 174 Å². The minimum atomic E-state index is -1.93. The van der Waals surface area contributed by atoms with E-state index in [0.717, 1.165) is 10.0 Å². The highest BCUT2D eigenvalue weighted by molar-refractivity contribution is 9.10. The molecule has 0 aliphatic heterocycles. The molecule has 0 heterocycles. The average Bonchev–Trinajstić information content (AvgIpc) is 1.02. The summed E-state index contributed by atoms with van der Waals surface area (Å²) in [5.74, 6) is 15.7. The molecule has 5 heteroatoms. The quantitative estimate of drug-likeness (QED) is 0.0650. The lowest BCUT2D eigenvalue weighted by Gasteiger charge is -2.38. The highest BCUT2D eigenvalue weighted by atomic mass is 79.9. The first-order chi connectivity index (χ1) is 40.4. The lowest BCUT2D eigenvalue weighted by molar-refractivity contribution is 0.838. The van der Waals surface area contributed by atoms with Crippen molar-refractivity contribution in [3.63, 3.8) is 0 Å². The van der Waals surface area contributed by atoms with Crippen molar-refractivity contribution in [3.8, 4) is 45.9 Å². The molecule has 0 saturated heterocycles. The van der Waals surface area contributed by atoms with Gasteiger partial charge in [-0.1, -0.05) is 284 Å². The minimum absolute atomic E-state index is 0.584. The van der Waals surface area contributed by atoms with E-state index in [2.05, 4.69) is 344 Å². The third-order valence-electron chi connectivity index (χ3n) is 21.2. The van der Waals surface area contributed by atoms with Crippen LogP contribution < -0.4 is 0 Å². The van der Waals surface area contributed by atoms with E-state index >= 15 is 0 Å². The van der Waals surface area contributed by atoms with Crippen LogP contribution in [-0.4, -0.2) is 32.3 Å². The molecule has 8 rings (SSSR count). The number of rotatable bonds is 12. The van der Waals surface area contributed by atoms with Crippen LogP contribution in [-0.2, 0) is 0 Å². The highest BCUT2D eigenvalue weighted by Crippen LogP contribution is 2.46. The molecule has 0 unspecified atom stereocenters. The van der Waals surface area contributed by atoms with Gasteiger partial charge >= 0.3 is 0 Å². The van der Waals surface area contributed by atoms with Crippen molar-refractivity contribution in [2.45, 2.75) is 240 Å². The molecule has 8 aromatic carbocycles. The van der Waals surface area contributed by atoms with Gasteiger partial charge in [0, 0.05) is 26.7 Å². The largest absolute Gasteiger partial charge is 0.146 e. The molecule has 0 aliphatic rings. The summed E-state index contributed by atoms with van der Waals surface area (Å²) >= 11 is 3.72. The Morgan fingerprint density at radius 3 is 0.721 bits per heavy atom. The first-order valence-electron chi connectivity index (χ1n) is 32.9. The maximum Gasteiger partial charge on any atom is 0.146 e. The van der Waals surface area contributed by atoms with E-state index in [1.54, 1.807) is 0 Å². The van der Waals surface area contributed by atoms with Crippen molar-refractivity contribution in [2.75, 3.05) is 0 Å². The molecule has 0 fully saturated rings. The molecule has 0 aromatic heterocycles. The van der Waals surface area contributed by atoms with Crippen LogP contribution in [0.25, 0.3) is 64.6 Å². The highest BCUT2D eigenvalue weighted by Gasteiger charge is 2.45. The van der Waals surface area contributed by atoms with E-state index in [-0.39, 0.29) is 0 Å². The Kier molecular flexibility index (Phi) is 21.7. The van der Waals surface area contributed by atoms with Crippen LogP contribution in [0.15, 0.2) is 114 Å². The number of fused-ring (bicyclic) bond motifs is 6. The molecule has 0 N–H and O–H groups in total. The standard InChI is InChI=1S/C41H54Si2.C40H51BrSi2/c1-27(2)42(28(3)4,29(5)6)22-20-38-36-16-14-15-17-37(36)39(21-23-43(30(7)8,31(9)10)32(11)12)41-26-35-24-33(13)18-19-34(35)25-40(38)41;1-26(2)42(27(3)4,28(5)6)21-19-37-35-15-13-14-16-36(35)38(20-22-43(29(7)8,30(9)10)31(11)12)40-25-33-23-34(41)18-17-32(33)24-39(37)40/h14-19,24-32H,1-13H3;13-18,23-31H,1-12H3. The molecule has 0 saturated carbocycles. The number of halogens is 1. The zero-order chi connectivity index (χ0) is 63.7. The lowest BCUT2D eigenvalue weighted by atomic mass is 9.90. The fourth-order valence-corrected chi connectivity index (χ4v) is 38.1. The Bertz CT molecular complexity index is 3710. The third kappa shape index (κ3) is 12.6. The second-order valence-corrected chi connectivity index (χ2v) is 52.6. The summed E-state index contributed by atoms with van der Waals surface area (Å²) in [7, 11) is -7.70. The second kappa shape index (κ2) is 27.3.